The van der Waals surface area contributed by atoms with Gasteiger partial charge in [-0.05, 0) is 50.0 Å². The Morgan fingerprint density at radius 2 is 1.63 bits per heavy atom. The molecule has 6 heteroatoms. The summed E-state index contributed by atoms with van der Waals surface area (Å²) in [5.41, 5.74) is 2.25. The fourth-order valence-corrected chi connectivity index (χ4v) is 2.69. The van der Waals surface area contributed by atoms with Gasteiger partial charge in [-0.15, -0.1) is 0 Å². The molecule has 0 aliphatic rings. The van der Waals surface area contributed by atoms with Gasteiger partial charge in [-0.2, -0.15) is 0 Å². The predicted octanol–water partition coefficient (Wildman–Crippen LogP) is 3.23. The van der Waals surface area contributed by atoms with Crippen molar-refractivity contribution in [1.29, 1.82) is 0 Å². The van der Waals surface area contributed by atoms with Crippen LogP contribution in [0, 0.1) is 0 Å². The van der Waals surface area contributed by atoms with Crippen molar-refractivity contribution in [3.63, 3.8) is 0 Å². The lowest BCUT2D eigenvalue weighted by Crippen LogP contribution is -2.31. The molecule has 3 aromatic rings. The number of nitrogens with zero attached hydrogens (tertiary/aromatic N) is 5. The van der Waals surface area contributed by atoms with Gasteiger partial charge in [0.1, 0.15) is 5.75 Å². The Morgan fingerprint density at radius 1 is 0.815 bits per heavy atom. The third-order valence-electron chi connectivity index (χ3n) is 4.03. The van der Waals surface area contributed by atoms with Gasteiger partial charge in [0.25, 0.3) is 0 Å². The zero-order valence-corrected chi connectivity index (χ0v) is 15.8. The molecule has 0 unspecified atom stereocenters. The van der Waals surface area contributed by atoms with E-state index in [0.29, 0.717) is 6.01 Å². The van der Waals surface area contributed by atoms with Crippen LogP contribution in [0.3, 0.4) is 0 Å². The van der Waals surface area contributed by atoms with Crippen LogP contribution in [-0.2, 0) is 13.1 Å². The first-order chi connectivity index (χ1) is 13.2. The Kier molecular flexibility index (Phi) is 6.84. The summed E-state index contributed by atoms with van der Waals surface area (Å²) >= 11 is 0. The first-order valence-corrected chi connectivity index (χ1v) is 9.00. The zero-order chi connectivity index (χ0) is 18.9. The van der Waals surface area contributed by atoms with Gasteiger partial charge >= 0.3 is 6.01 Å². The van der Waals surface area contributed by atoms with Crippen molar-refractivity contribution in [1.82, 2.24) is 24.8 Å². The Hall–Kier alpha value is -2.83. The first kappa shape index (κ1) is 18.9. The van der Waals surface area contributed by atoms with Crippen molar-refractivity contribution in [3.8, 4) is 11.8 Å². The van der Waals surface area contributed by atoms with Crippen molar-refractivity contribution in [3.05, 3.63) is 78.4 Å². The molecule has 0 spiro atoms. The standard InChI is InChI=1S/C21H25N5O/c1-25(2)13-14-26(17-19-8-3-4-10-22-19)16-18-7-5-9-20(15-18)27-21-23-11-6-12-24-21/h3-12,15H,13-14,16-17H2,1-2H3. The summed E-state index contributed by atoms with van der Waals surface area (Å²) in [5, 5.41) is 0. The van der Waals surface area contributed by atoms with E-state index >= 15 is 0 Å². The molecule has 3 rings (SSSR count). The topological polar surface area (TPSA) is 54.4 Å². The van der Waals surface area contributed by atoms with Gasteiger partial charge in [-0.3, -0.25) is 9.88 Å². The molecule has 2 aromatic heterocycles. The molecule has 0 radical (unpaired) electrons. The van der Waals surface area contributed by atoms with Gasteiger partial charge < -0.3 is 9.64 Å². The Labute approximate surface area is 160 Å². The lowest BCUT2D eigenvalue weighted by molar-refractivity contribution is 0.224. The van der Waals surface area contributed by atoms with E-state index in [2.05, 4.69) is 51.0 Å². The van der Waals surface area contributed by atoms with Crippen LogP contribution >= 0.6 is 0 Å². The second-order valence-electron chi connectivity index (χ2n) is 6.62. The van der Waals surface area contributed by atoms with E-state index in [0.717, 1.165) is 37.6 Å². The first-order valence-electron chi connectivity index (χ1n) is 9.00. The normalized spacial score (nSPS) is 11.1. The Balaban J connectivity index is 1.69. The number of pyridine rings is 1. The molecule has 0 N–H and O–H groups in total. The minimum atomic E-state index is 0.354. The van der Waals surface area contributed by atoms with Crippen LogP contribution in [0.15, 0.2) is 67.1 Å². The van der Waals surface area contributed by atoms with Crippen molar-refractivity contribution in [2.75, 3.05) is 27.2 Å². The number of ether oxygens (including phenoxy) is 1. The molecule has 0 aliphatic carbocycles. The minimum absolute atomic E-state index is 0.354. The molecule has 0 saturated heterocycles. The van der Waals surface area contributed by atoms with Gasteiger partial charge in [0.2, 0.25) is 0 Å². The van der Waals surface area contributed by atoms with E-state index in [-0.39, 0.29) is 0 Å². The number of hydrogen-bond donors (Lipinski definition) is 0. The SMILES string of the molecule is CN(C)CCN(Cc1cccc(Oc2ncccn2)c1)Cc1ccccn1. The fourth-order valence-electron chi connectivity index (χ4n) is 2.69. The summed E-state index contributed by atoms with van der Waals surface area (Å²) in [7, 11) is 4.18. The van der Waals surface area contributed by atoms with E-state index < -0.39 is 0 Å². The van der Waals surface area contributed by atoms with Crippen LogP contribution in [0.2, 0.25) is 0 Å². The second kappa shape index (κ2) is 9.75. The summed E-state index contributed by atoms with van der Waals surface area (Å²) in [6.45, 7) is 3.57. The predicted molar refractivity (Wildman–Crippen MR) is 105 cm³/mol. The van der Waals surface area contributed by atoms with Crippen molar-refractivity contribution in [2.45, 2.75) is 13.1 Å². The molecule has 0 saturated carbocycles. The monoisotopic (exact) mass is 363 g/mol. The molecule has 140 valence electrons. The zero-order valence-electron chi connectivity index (χ0n) is 15.8. The highest BCUT2D eigenvalue weighted by Crippen LogP contribution is 2.20. The van der Waals surface area contributed by atoms with Crippen molar-refractivity contribution >= 4 is 0 Å². The Morgan fingerprint density at radius 3 is 2.37 bits per heavy atom. The molecule has 0 amide bonds. The van der Waals surface area contributed by atoms with Crippen molar-refractivity contribution in [2.24, 2.45) is 0 Å². The molecule has 1 aromatic carbocycles. The van der Waals surface area contributed by atoms with Gasteiger partial charge in [-0.25, -0.2) is 9.97 Å². The molecule has 2 heterocycles. The van der Waals surface area contributed by atoms with Crippen LogP contribution in [-0.4, -0.2) is 51.9 Å². The maximum Gasteiger partial charge on any atom is 0.321 e. The van der Waals surface area contributed by atoms with Gasteiger partial charge in [-0.1, -0.05) is 18.2 Å². The number of rotatable bonds is 9. The average Bonchev–Trinajstić information content (AvgIpc) is 2.68. The molecular formula is C21H25N5O. The van der Waals surface area contributed by atoms with Crippen LogP contribution in [0.1, 0.15) is 11.3 Å². The number of benzene rings is 1. The number of aromatic nitrogens is 3. The van der Waals surface area contributed by atoms with Gasteiger partial charge in [0.05, 0.1) is 5.69 Å². The summed E-state index contributed by atoms with van der Waals surface area (Å²) in [5.74, 6) is 0.740. The summed E-state index contributed by atoms with van der Waals surface area (Å²) in [6.07, 6.45) is 5.18. The van der Waals surface area contributed by atoms with Crippen LogP contribution in [0.4, 0.5) is 0 Å². The van der Waals surface area contributed by atoms with Gasteiger partial charge in [0.15, 0.2) is 0 Å². The van der Waals surface area contributed by atoms with Crippen molar-refractivity contribution < 1.29 is 4.74 Å². The minimum Gasteiger partial charge on any atom is -0.424 e. The summed E-state index contributed by atoms with van der Waals surface area (Å²) in [4.78, 5) is 17.3. The van der Waals surface area contributed by atoms with Gasteiger partial charge in [0, 0.05) is 44.8 Å². The third-order valence-corrected chi connectivity index (χ3v) is 4.03. The fraction of sp³-hybridized carbons (Fsp3) is 0.286. The van der Waals surface area contributed by atoms with E-state index in [1.807, 2.05) is 36.5 Å². The molecule has 0 atom stereocenters. The quantitative estimate of drug-likeness (QED) is 0.582. The molecule has 6 nitrogen and oxygen atoms in total. The molecule has 0 bridgehead atoms. The molecular weight excluding hydrogens is 338 g/mol. The lowest BCUT2D eigenvalue weighted by Gasteiger charge is -2.24. The van der Waals surface area contributed by atoms with Crippen LogP contribution in [0.25, 0.3) is 0 Å². The highest BCUT2D eigenvalue weighted by molar-refractivity contribution is 5.30. The van der Waals surface area contributed by atoms with Crippen LogP contribution < -0.4 is 4.74 Å². The Bertz CT molecular complexity index is 811. The average molecular weight is 363 g/mol. The number of likely N-dealkylation sites (N-methyl/N-ethyl adjacent to an activating group) is 1. The molecule has 0 fully saturated rings. The van der Waals surface area contributed by atoms with Crippen LogP contribution in [0.5, 0.6) is 11.8 Å². The van der Waals surface area contributed by atoms with E-state index in [1.54, 1.807) is 18.5 Å². The molecule has 0 aliphatic heterocycles. The lowest BCUT2D eigenvalue weighted by atomic mass is 10.2. The largest absolute Gasteiger partial charge is 0.424 e. The highest BCUT2D eigenvalue weighted by atomic mass is 16.5. The summed E-state index contributed by atoms with van der Waals surface area (Å²) < 4.78 is 5.76. The second-order valence-corrected chi connectivity index (χ2v) is 6.62. The summed E-state index contributed by atoms with van der Waals surface area (Å²) in [6, 6.07) is 16.2. The van der Waals surface area contributed by atoms with E-state index in [9.17, 15) is 0 Å². The number of hydrogen-bond acceptors (Lipinski definition) is 6. The smallest absolute Gasteiger partial charge is 0.321 e. The highest BCUT2D eigenvalue weighted by Gasteiger charge is 2.10. The van der Waals surface area contributed by atoms with E-state index in [1.165, 1.54) is 5.56 Å². The third kappa shape index (κ3) is 6.44. The maximum atomic E-state index is 5.76. The maximum absolute atomic E-state index is 5.76. The molecule has 27 heavy (non-hydrogen) atoms. The van der Waals surface area contributed by atoms with E-state index in [4.69, 9.17) is 4.74 Å².